The van der Waals surface area contributed by atoms with Gasteiger partial charge in [-0.25, -0.2) is 0 Å². The lowest BCUT2D eigenvalue weighted by Gasteiger charge is -2.33. The van der Waals surface area contributed by atoms with Crippen LogP contribution in [0.15, 0.2) is 12.2 Å². The molecule has 0 spiro atoms. The number of amides is 3. The second-order valence-corrected chi connectivity index (χ2v) is 4.19. The third-order valence-electron chi connectivity index (χ3n) is 3.06. The van der Waals surface area contributed by atoms with Gasteiger partial charge in [-0.1, -0.05) is 12.2 Å². The van der Waals surface area contributed by atoms with Crippen molar-refractivity contribution in [3.8, 4) is 0 Å². The highest BCUT2D eigenvalue weighted by molar-refractivity contribution is 6.04. The molecule has 2 aliphatic rings. The van der Waals surface area contributed by atoms with E-state index in [4.69, 9.17) is 0 Å². The molecule has 16 heavy (non-hydrogen) atoms. The first-order valence-electron chi connectivity index (χ1n) is 5.38. The SMILES string of the molecule is CC1C(=O)NC(=O)CN1C(=O)C1CC=CC1. The molecule has 0 aromatic heterocycles. The Labute approximate surface area is 93.5 Å². The van der Waals surface area contributed by atoms with Crippen LogP contribution in [0.5, 0.6) is 0 Å². The highest BCUT2D eigenvalue weighted by Gasteiger charge is 2.36. The number of hydrogen-bond donors (Lipinski definition) is 1. The van der Waals surface area contributed by atoms with Crippen LogP contribution in [0.1, 0.15) is 19.8 Å². The summed E-state index contributed by atoms with van der Waals surface area (Å²) >= 11 is 0. The Morgan fingerprint density at radius 1 is 1.38 bits per heavy atom. The molecule has 86 valence electrons. The van der Waals surface area contributed by atoms with Crippen LogP contribution in [0, 0.1) is 5.92 Å². The average molecular weight is 222 g/mol. The number of carbonyl (C=O) groups is 3. The Kier molecular flexibility index (Phi) is 2.77. The fraction of sp³-hybridized carbons (Fsp3) is 0.545. The molecule has 1 N–H and O–H groups in total. The van der Waals surface area contributed by atoms with Crippen molar-refractivity contribution < 1.29 is 14.4 Å². The molecule has 1 fully saturated rings. The van der Waals surface area contributed by atoms with Crippen molar-refractivity contribution in [3.63, 3.8) is 0 Å². The summed E-state index contributed by atoms with van der Waals surface area (Å²) < 4.78 is 0. The average Bonchev–Trinajstić information content (AvgIpc) is 2.75. The van der Waals surface area contributed by atoms with Crippen molar-refractivity contribution in [2.24, 2.45) is 5.92 Å². The molecule has 0 bridgehead atoms. The lowest BCUT2D eigenvalue weighted by Crippen LogP contribution is -2.59. The summed E-state index contributed by atoms with van der Waals surface area (Å²) in [6, 6.07) is -0.550. The molecule has 1 aliphatic heterocycles. The van der Waals surface area contributed by atoms with Crippen LogP contribution in [-0.2, 0) is 14.4 Å². The number of allylic oxidation sites excluding steroid dienone is 2. The van der Waals surface area contributed by atoms with Crippen molar-refractivity contribution in [1.82, 2.24) is 10.2 Å². The molecule has 1 heterocycles. The van der Waals surface area contributed by atoms with E-state index in [1.807, 2.05) is 12.2 Å². The molecule has 0 aromatic rings. The first kappa shape index (κ1) is 10.9. The molecule has 1 aliphatic carbocycles. The topological polar surface area (TPSA) is 66.5 Å². The monoisotopic (exact) mass is 222 g/mol. The quantitative estimate of drug-likeness (QED) is 0.494. The van der Waals surface area contributed by atoms with E-state index < -0.39 is 17.9 Å². The van der Waals surface area contributed by atoms with Gasteiger partial charge in [0, 0.05) is 5.92 Å². The first-order valence-corrected chi connectivity index (χ1v) is 5.38. The summed E-state index contributed by atoms with van der Waals surface area (Å²) in [7, 11) is 0. The lowest BCUT2D eigenvalue weighted by molar-refractivity contribution is -0.151. The van der Waals surface area contributed by atoms with Gasteiger partial charge in [-0.2, -0.15) is 0 Å². The number of rotatable bonds is 1. The Balaban J connectivity index is 2.09. The molecule has 1 atom stereocenters. The molecule has 0 radical (unpaired) electrons. The van der Waals surface area contributed by atoms with E-state index >= 15 is 0 Å². The van der Waals surface area contributed by atoms with E-state index in [9.17, 15) is 14.4 Å². The van der Waals surface area contributed by atoms with Gasteiger partial charge in [0.05, 0.1) is 0 Å². The van der Waals surface area contributed by atoms with Gasteiger partial charge in [-0.05, 0) is 19.8 Å². The number of nitrogens with zero attached hydrogens (tertiary/aromatic N) is 1. The normalized spacial score (nSPS) is 26.1. The van der Waals surface area contributed by atoms with Gasteiger partial charge in [-0.15, -0.1) is 0 Å². The fourth-order valence-corrected chi connectivity index (χ4v) is 2.04. The third kappa shape index (κ3) is 1.85. The zero-order chi connectivity index (χ0) is 11.7. The van der Waals surface area contributed by atoms with Gasteiger partial charge >= 0.3 is 0 Å². The van der Waals surface area contributed by atoms with Crippen LogP contribution in [0.3, 0.4) is 0 Å². The predicted molar refractivity (Wildman–Crippen MR) is 56.2 cm³/mol. The highest BCUT2D eigenvalue weighted by atomic mass is 16.2. The van der Waals surface area contributed by atoms with Crippen molar-refractivity contribution in [2.75, 3.05) is 6.54 Å². The third-order valence-corrected chi connectivity index (χ3v) is 3.06. The molecule has 5 heteroatoms. The van der Waals surface area contributed by atoms with E-state index in [1.54, 1.807) is 6.92 Å². The van der Waals surface area contributed by atoms with Crippen molar-refractivity contribution in [1.29, 1.82) is 0 Å². The summed E-state index contributed by atoms with van der Waals surface area (Å²) in [5.74, 6) is -0.986. The molecule has 5 nitrogen and oxygen atoms in total. The maximum Gasteiger partial charge on any atom is 0.249 e. The first-order chi connectivity index (χ1) is 7.59. The van der Waals surface area contributed by atoms with E-state index in [0.29, 0.717) is 12.8 Å². The summed E-state index contributed by atoms with van der Waals surface area (Å²) in [5.41, 5.74) is 0. The van der Waals surface area contributed by atoms with Crippen molar-refractivity contribution in [3.05, 3.63) is 12.2 Å². The second-order valence-electron chi connectivity index (χ2n) is 4.19. The smallest absolute Gasteiger partial charge is 0.249 e. The predicted octanol–water partition coefficient (Wildman–Crippen LogP) is -0.174. The summed E-state index contributed by atoms with van der Waals surface area (Å²) in [6.45, 7) is 1.63. The van der Waals surface area contributed by atoms with E-state index in [-0.39, 0.29) is 18.4 Å². The number of hydrogen-bond acceptors (Lipinski definition) is 3. The number of nitrogens with one attached hydrogen (secondary N) is 1. The Bertz CT molecular complexity index is 367. The van der Waals surface area contributed by atoms with E-state index in [2.05, 4.69) is 5.32 Å². The zero-order valence-corrected chi connectivity index (χ0v) is 9.10. The minimum absolute atomic E-state index is 0.0117. The minimum Gasteiger partial charge on any atom is -0.321 e. The summed E-state index contributed by atoms with van der Waals surface area (Å²) in [5, 5.41) is 2.22. The number of piperazine rings is 1. The molecular weight excluding hydrogens is 208 g/mol. The maximum atomic E-state index is 12.1. The lowest BCUT2D eigenvalue weighted by atomic mass is 10.0. The maximum absolute atomic E-state index is 12.1. The number of carbonyl (C=O) groups excluding carboxylic acids is 3. The highest BCUT2D eigenvalue weighted by Crippen LogP contribution is 2.22. The standard InChI is InChI=1S/C11H14N2O3/c1-7-10(15)12-9(14)6-13(7)11(16)8-4-2-3-5-8/h2-3,7-8H,4-6H2,1H3,(H,12,14,15). The van der Waals surface area contributed by atoms with Gasteiger partial charge in [0.15, 0.2) is 0 Å². The van der Waals surface area contributed by atoms with Crippen molar-refractivity contribution >= 4 is 17.7 Å². The summed E-state index contributed by atoms with van der Waals surface area (Å²) in [4.78, 5) is 36.0. The van der Waals surface area contributed by atoms with Gasteiger partial charge in [0.2, 0.25) is 17.7 Å². The molecule has 1 saturated heterocycles. The van der Waals surface area contributed by atoms with E-state index in [1.165, 1.54) is 4.90 Å². The van der Waals surface area contributed by atoms with E-state index in [0.717, 1.165) is 0 Å². The van der Waals surface area contributed by atoms with Gasteiger partial charge in [0.1, 0.15) is 12.6 Å². The van der Waals surface area contributed by atoms with Gasteiger partial charge in [-0.3, -0.25) is 19.7 Å². The Hall–Kier alpha value is -1.65. The van der Waals surface area contributed by atoms with Crippen LogP contribution in [0.4, 0.5) is 0 Å². The molecule has 2 rings (SSSR count). The molecule has 0 aromatic carbocycles. The van der Waals surface area contributed by atoms with Crippen LogP contribution in [-0.4, -0.2) is 35.2 Å². The van der Waals surface area contributed by atoms with Crippen LogP contribution in [0.2, 0.25) is 0 Å². The molecule has 0 saturated carbocycles. The van der Waals surface area contributed by atoms with Gasteiger partial charge < -0.3 is 4.90 Å². The molecule has 3 amide bonds. The Morgan fingerprint density at radius 3 is 2.62 bits per heavy atom. The zero-order valence-electron chi connectivity index (χ0n) is 9.10. The molecular formula is C11H14N2O3. The largest absolute Gasteiger partial charge is 0.321 e. The Morgan fingerprint density at radius 2 is 2.00 bits per heavy atom. The van der Waals surface area contributed by atoms with Crippen LogP contribution < -0.4 is 5.32 Å². The minimum atomic E-state index is -0.550. The van der Waals surface area contributed by atoms with Crippen molar-refractivity contribution in [2.45, 2.75) is 25.8 Å². The second kappa shape index (κ2) is 4.08. The van der Waals surface area contributed by atoms with Crippen LogP contribution >= 0.6 is 0 Å². The van der Waals surface area contributed by atoms with Crippen LogP contribution in [0.25, 0.3) is 0 Å². The molecule has 1 unspecified atom stereocenters. The number of imide groups is 1. The van der Waals surface area contributed by atoms with Gasteiger partial charge in [0.25, 0.3) is 0 Å². The summed E-state index contributed by atoms with van der Waals surface area (Å²) in [6.07, 6.45) is 5.33. The fourth-order valence-electron chi connectivity index (χ4n) is 2.04.